The Kier molecular flexibility index (Phi) is 6.81. The van der Waals surface area contributed by atoms with Crippen LogP contribution < -0.4 is 9.47 Å². The fourth-order valence-electron chi connectivity index (χ4n) is 3.45. The van der Waals surface area contributed by atoms with Crippen LogP contribution in [0.25, 0.3) is 6.08 Å². The summed E-state index contributed by atoms with van der Waals surface area (Å²) >= 11 is 0. The maximum absolute atomic E-state index is 13.1. The number of ketones is 1. The molecule has 1 unspecified atom stereocenters. The third kappa shape index (κ3) is 4.64. The Morgan fingerprint density at radius 3 is 2.65 bits per heavy atom. The van der Waals surface area contributed by atoms with E-state index < -0.39 is 23.5 Å². The molecule has 31 heavy (non-hydrogen) atoms. The van der Waals surface area contributed by atoms with E-state index in [9.17, 15) is 14.7 Å². The normalized spacial score (nSPS) is 16.6. The number of carbonyl (C=O) groups is 2. The standard InChI is InChI=1S/C23H26N2O6/c1-24(2)11-12-25-21(17-14-16(29-3)8-10-19(17)30-4)20(22(27)23(25)28)18(26)9-7-15-6-5-13-31-15/h5-10,13-14,21,27H,11-12H2,1-4H3. The van der Waals surface area contributed by atoms with Gasteiger partial charge in [-0.3, -0.25) is 9.59 Å². The number of hydrogen-bond donors (Lipinski definition) is 1. The van der Waals surface area contributed by atoms with Crippen LogP contribution in [0.15, 0.2) is 58.4 Å². The second-order valence-corrected chi connectivity index (χ2v) is 7.29. The third-order valence-electron chi connectivity index (χ3n) is 5.03. The highest BCUT2D eigenvalue weighted by molar-refractivity contribution is 6.14. The van der Waals surface area contributed by atoms with Gasteiger partial charge in [0.15, 0.2) is 11.5 Å². The third-order valence-corrected chi connectivity index (χ3v) is 5.03. The summed E-state index contributed by atoms with van der Waals surface area (Å²) in [6, 6.07) is 7.72. The number of ether oxygens (including phenoxy) is 2. The van der Waals surface area contributed by atoms with Gasteiger partial charge in [0.1, 0.15) is 17.3 Å². The molecular weight excluding hydrogens is 400 g/mol. The highest BCUT2D eigenvalue weighted by atomic mass is 16.5. The van der Waals surface area contributed by atoms with Gasteiger partial charge in [-0.1, -0.05) is 0 Å². The minimum Gasteiger partial charge on any atom is -0.503 e. The van der Waals surface area contributed by atoms with Crippen LogP contribution in [0.1, 0.15) is 17.4 Å². The number of amides is 1. The molecule has 0 spiro atoms. The summed E-state index contributed by atoms with van der Waals surface area (Å²) in [6.07, 6.45) is 4.27. The first-order valence-electron chi connectivity index (χ1n) is 9.74. The fourth-order valence-corrected chi connectivity index (χ4v) is 3.45. The number of hydrogen-bond acceptors (Lipinski definition) is 7. The zero-order chi connectivity index (χ0) is 22.5. The quantitative estimate of drug-likeness (QED) is 0.617. The average Bonchev–Trinajstić information content (AvgIpc) is 3.37. The first-order valence-corrected chi connectivity index (χ1v) is 9.74. The van der Waals surface area contributed by atoms with Gasteiger partial charge in [0.2, 0.25) is 0 Å². The first kappa shape index (κ1) is 22.2. The number of methoxy groups -OCH3 is 2. The molecule has 1 N–H and O–H groups in total. The molecule has 2 heterocycles. The molecule has 164 valence electrons. The van der Waals surface area contributed by atoms with Crippen molar-refractivity contribution in [3.63, 3.8) is 0 Å². The van der Waals surface area contributed by atoms with Crippen LogP contribution in [-0.2, 0) is 9.59 Å². The lowest BCUT2D eigenvalue weighted by Gasteiger charge is -2.29. The van der Waals surface area contributed by atoms with Crippen molar-refractivity contribution in [3.8, 4) is 11.5 Å². The molecule has 1 aliphatic heterocycles. The van der Waals surface area contributed by atoms with E-state index in [4.69, 9.17) is 13.9 Å². The number of aliphatic hydroxyl groups is 1. The molecule has 0 saturated heterocycles. The van der Waals surface area contributed by atoms with Crippen molar-refractivity contribution < 1.29 is 28.6 Å². The van der Waals surface area contributed by atoms with Crippen LogP contribution in [0.4, 0.5) is 0 Å². The van der Waals surface area contributed by atoms with E-state index in [0.717, 1.165) is 0 Å². The van der Waals surface area contributed by atoms with Crippen LogP contribution in [0.5, 0.6) is 11.5 Å². The molecule has 1 aromatic carbocycles. The minimum absolute atomic E-state index is 0.0156. The number of aliphatic hydroxyl groups excluding tert-OH is 1. The molecule has 3 rings (SSSR count). The molecule has 8 nitrogen and oxygen atoms in total. The molecule has 2 aromatic rings. The Balaban J connectivity index is 2.08. The van der Waals surface area contributed by atoms with Crippen LogP contribution in [0.3, 0.4) is 0 Å². The van der Waals surface area contributed by atoms with E-state index >= 15 is 0 Å². The Labute approximate surface area is 181 Å². The summed E-state index contributed by atoms with van der Waals surface area (Å²) in [5.74, 6) is -0.167. The Morgan fingerprint density at radius 2 is 2.03 bits per heavy atom. The summed E-state index contributed by atoms with van der Waals surface area (Å²) in [6.45, 7) is 0.852. The number of likely N-dealkylation sites (N-methyl/N-ethyl adjacent to an activating group) is 1. The first-order chi connectivity index (χ1) is 14.9. The summed E-state index contributed by atoms with van der Waals surface area (Å²) in [7, 11) is 6.80. The lowest BCUT2D eigenvalue weighted by Crippen LogP contribution is -2.36. The van der Waals surface area contributed by atoms with Crippen LogP contribution in [-0.4, -0.2) is 68.0 Å². The zero-order valence-electron chi connectivity index (χ0n) is 18.0. The largest absolute Gasteiger partial charge is 0.503 e. The summed E-state index contributed by atoms with van der Waals surface area (Å²) in [5, 5.41) is 10.7. The van der Waals surface area contributed by atoms with E-state index in [1.807, 2.05) is 19.0 Å². The second kappa shape index (κ2) is 9.53. The van der Waals surface area contributed by atoms with Gasteiger partial charge in [-0.2, -0.15) is 0 Å². The molecule has 0 bridgehead atoms. The molecule has 8 heteroatoms. The van der Waals surface area contributed by atoms with Gasteiger partial charge in [-0.15, -0.1) is 0 Å². The molecule has 1 amide bonds. The van der Waals surface area contributed by atoms with Crippen molar-refractivity contribution in [2.45, 2.75) is 6.04 Å². The molecule has 1 atom stereocenters. The summed E-state index contributed by atoms with van der Waals surface area (Å²) in [5.41, 5.74) is 0.533. The van der Waals surface area contributed by atoms with Gasteiger partial charge in [0.25, 0.3) is 5.91 Å². The SMILES string of the molecule is COc1ccc(OC)c(C2C(C(=O)C=Cc3ccco3)=C(O)C(=O)N2CCN(C)C)c1. The van der Waals surface area contributed by atoms with Crippen molar-refractivity contribution >= 4 is 17.8 Å². The van der Waals surface area contributed by atoms with Gasteiger partial charge < -0.3 is 28.8 Å². The summed E-state index contributed by atoms with van der Waals surface area (Å²) in [4.78, 5) is 29.4. The number of nitrogens with zero attached hydrogens (tertiary/aromatic N) is 2. The molecule has 1 aromatic heterocycles. The Morgan fingerprint density at radius 1 is 1.26 bits per heavy atom. The van der Waals surface area contributed by atoms with Gasteiger partial charge >= 0.3 is 0 Å². The van der Waals surface area contributed by atoms with E-state index in [-0.39, 0.29) is 5.57 Å². The Hall–Kier alpha value is -3.52. The lowest BCUT2D eigenvalue weighted by molar-refractivity contribution is -0.129. The maximum atomic E-state index is 13.1. The molecule has 0 radical (unpaired) electrons. The molecule has 1 aliphatic rings. The molecular formula is C23H26N2O6. The van der Waals surface area contributed by atoms with E-state index in [0.29, 0.717) is 35.9 Å². The van der Waals surface area contributed by atoms with Crippen LogP contribution in [0.2, 0.25) is 0 Å². The molecule has 0 fully saturated rings. The second-order valence-electron chi connectivity index (χ2n) is 7.29. The highest BCUT2D eigenvalue weighted by Gasteiger charge is 2.44. The number of allylic oxidation sites excluding steroid dienone is 1. The van der Waals surface area contributed by atoms with Gasteiger partial charge in [-0.05, 0) is 56.6 Å². The van der Waals surface area contributed by atoms with Gasteiger partial charge in [-0.25, -0.2) is 0 Å². The smallest absolute Gasteiger partial charge is 0.290 e. The topological polar surface area (TPSA) is 92.4 Å². The van der Waals surface area contributed by atoms with Gasteiger partial charge in [0.05, 0.1) is 32.1 Å². The summed E-state index contributed by atoms with van der Waals surface area (Å²) < 4.78 is 16.1. The average molecular weight is 426 g/mol. The van der Waals surface area contributed by atoms with Crippen molar-refractivity contribution in [1.29, 1.82) is 0 Å². The van der Waals surface area contributed by atoms with Crippen molar-refractivity contribution in [2.75, 3.05) is 41.4 Å². The van der Waals surface area contributed by atoms with E-state index in [1.165, 1.54) is 37.5 Å². The Bertz CT molecular complexity index is 1010. The van der Waals surface area contributed by atoms with Crippen LogP contribution >= 0.6 is 0 Å². The zero-order valence-corrected chi connectivity index (χ0v) is 18.0. The van der Waals surface area contributed by atoms with Crippen molar-refractivity contribution in [1.82, 2.24) is 9.80 Å². The number of rotatable bonds is 9. The van der Waals surface area contributed by atoms with Crippen molar-refractivity contribution in [3.05, 3.63) is 65.3 Å². The monoisotopic (exact) mass is 426 g/mol. The predicted molar refractivity (Wildman–Crippen MR) is 115 cm³/mol. The maximum Gasteiger partial charge on any atom is 0.290 e. The molecule has 0 saturated carbocycles. The predicted octanol–water partition coefficient (Wildman–Crippen LogP) is 2.84. The fraction of sp³-hybridized carbons (Fsp3) is 0.304. The van der Waals surface area contributed by atoms with E-state index in [1.54, 1.807) is 30.3 Å². The van der Waals surface area contributed by atoms with E-state index in [2.05, 4.69) is 0 Å². The van der Waals surface area contributed by atoms with Gasteiger partial charge in [0, 0.05) is 18.7 Å². The highest BCUT2D eigenvalue weighted by Crippen LogP contribution is 2.42. The van der Waals surface area contributed by atoms with Crippen molar-refractivity contribution in [2.24, 2.45) is 0 Å². The van der Waals surface area contributed by atoms with Crippen LogP contribution in [0, 0.1) is 0 Å². The lowest BCUT2D eigenvalue weighted by atomic mass is 9.94. The molecule has 0 aliphatic carbocycles. The minimum atomic E-state index is -0.828. The number of furan rings is 1. The number of carbonyl (C=O) groups excluding carboxylic acids is 2. The number of benzene rings is 1.